The van der Waals surface area contributed by atoms with E-state index in [-0.39, 0.29) is 22.9 Å². The molecule has 0 aromatic carbocycles. The van der Waals surface area contributed by atoms with Crippen molar-refractivity contribution < 1.29 is 0 Å². The van der Waals surface area contributed by atoms with Crippen LogP contribution >= 0.6 is 0 Å². The van der Waals surface area contributed by atoms with E-state index in [1.807, 2.05) is 0 Å². The zero-order valence-electron chi connectivity index (χ0n) is 6.05. The van der Waals surface area contributed by atoms with E-state index in [4.69, 9.17) is 21.7 Å². The zero-order valence-corrected chi connectivity index (χ0v) is 6.05. The van der Waals surface area contributed by atoms with Crippen molar-refractivity contribution in [2.75, 3.05) is 0 Å². The van der Waals surface area contributed by atoms with Gasteiger partial charge in [0.15, 0.2) is 23.8 Å². The largest absolute Gasteiger partial charge is 0.674 e. The molecule has 0 spiro atoms. The molecule has 2 N–H and O–H groups in total. The summed E-state index contributed by atoms with van der Waals surface area (Å²) in [5.41, 5.74) is 7.33. The third-order valence-electron chi connectivity index (χ3n) is 1.40. The summed E-state index contributed by atoms with van der Waals surface area (Å²) in [4.78, 5) is 0. The topological polar surface area (TPSA) is 95.2 Å². The Kier molecular flexibility index (Phi) is 1.85. The fourth-order valence-electron chi connectivity index (χ4n) is 0.785. The second-order valence-electron chi connectivity index (χ2n) is 2.17. The lowest BCUT2D eigenvalue weighted by Crippen LogP contribution is -2.09. The van der Waals surface area contributed by atoms with Crippen LogP contribution in [0.15, 0.2) is 23.4 Å². The van der Waals surface area contributed by atoms with Gasteiger partial charge in [-0.15, -0.1) is 0 Å². The van der Waals surface area contributed by atoms with Gasteiger partial charge in [-0.3, -0.25) is 5.41 Å². The molecular formula is C8H4N4. The van der Waals surface area contributed by atoms with Crippen molar-refractivity contribution in [3.8, 4) is 12.1 Å². The van der Waals surface area contributed by atoms with E-state index in [9.17, 15) is 0 Å². The number of allylic oxidation sites excluding steroid dienone is 3. The van der Waals surface area contributed by atoms with Crippen LogP contribution in [0.4, 0.5) is 0 Å². The number of rotatable bonds is 0. The molecule has 0 heterocycles. The summed E-state index contributed by atoms with van der Waals surface area (Å²) in [6, 6.07) is 3.55. The molecule has 1 rings (SSSR count). The number of hydrogen-bond donors (Lipinski definition) is 1. The first-order valence-corrected chi connectivity index (χ1v) is 3.10. The van der Waals surface area contributed by atoms with Gasteiger partial charge in [-0.25, -0.2) is 0 Å². The molecule has 56 valence electrons. The maximum Gasteiger partial charge on any atom is 0.183 e. The first kappa shape index (κ1) is 7.90. The van der Waals surface area contributed by atoms with Crippen LogP contribution in [-0.2, 0) is 0 Å². The lowest BCUT2D eigenvalue weighted by atomic mass is 9.94. The van der Waals surface area contributed by atoms with Gasteiger partial charge in [0.25, 0.3) is 0 Å². The van der Waals surface area contributed by atoms with Crippen LogP contribution < -0.4 is 0 Å². The molecular weight excluding hydrogens is 152 g/mol. The van der Waals surface area contributed by atoms with E-state index in [0.29, 0.717) is 0 Å². The SMILES string of the molecule is N#CC1=C[C+](C#N)C(=N)C=C1[NH-]. The first-order valence-electron chi connectivity index (χ1n) is 3.10. The van der Waals surface area contributed by atoms with Crippen molar-refractivity contribution in [2.45, 2.75) is 0 Å². The second-order valence-corrected chi connectivity index (χ2v) is 2.17. The summed E-state index contributed by atoms with van der Waals surface area (Å²) in [5.74, 6) is 0.127. The van der Waals surface area contributed by atoms with Gasteiger partial charge in [-0.05, 0) is 5.70 Å². The third kappa shape index (κ3) is 1.14. The molecule has 0 aliphatic heterocycles. The van der Waals surface area contributed by atoms with Crippen LogP contribution in [0.25, 0.3) is 5.73 Å². The molecule has 0 fully saturated rings. The molecule has 0 bridgehead atoms. The van der Waals surface area contributed by atoms with Gasteiger partial charge in [-0.1, -0.05) is 0 Å². The minimum absolute atomic E-state index is 0.0125. The fraction of sp³-hybridized carbons (Fsp3) is 0. The smallest absolute Gasteiger partial charge is 0.183 e. The monoisotopic (exact) mass is 156 g/mol. The van der Waals surface area contributed by atoms with E-state index in [0.717, 1.165) is 0 Å². The average molecular weight is 156 g/mol. The van der Waals surface area contributed by atoms with E-state index < -0.39 is 0 Å². The summed E-state index contributed by atoms with van der Waals surface area (Å²) in [6.07, 6.45) is 2.45. The molecule has 0 radical (unpaired) electrons. The molecule has 4 heteroatoms. The highest BCUT2D eigenvalue weighted by atomic mass is 14.6. The van der Waals surface area contributed by atoms with Gasteiger partial charge in [0.05, 0.1) is 12.2 Å². The Balaban J connectivity index is 3.09. The summed E-state index contributed by atoms with van der Waals surface area (Å²) < 4.78 is 0. The molecule has 0 amide bonds. The van der Waals surface area contributed by atoms with Crippen molar-refractivity contribution >= 4 is 5.71 Å². The van der Waals surface area contributed by atoms with Gasteiger partial charge >= 0.3 is 0 Å². The molecule has 4 nitrogen and oxygen atoms in total. The van der Waals surface area contributed by atoms with Crippen molar-refractivity contribution in [2.24, 2.45) is 0 Å². The van der Waals surface area contributed by atoms with Crippen LogP contribution in [0.2, 0.25) is 0 Å². The van der Waals surface area contributed by atoms with Crippen molar-refractivity contribution in [1.29, 1.82) is 15.9 Å². The van der Waals surface area contributed by atoms with Gasteiger partial charge in [-0.2, -0.15) is 10.5 Å². The summed E-state index contributed by atoms with van der Waals surface area (Å²) >= 11 is 0. The third-order valence-corrected chi connectivity index (χ3v) is 1.40. The molecule has 1 aliphatic rings. The Morgan fingerprint density at radius 3 is 2.67 bits per heavy atom. The van der Waals surface area contributed by atoms with Crippen LogP contribution in [0.5, 0.6) is 0 Å². The molecule has 0 atom stereocenters. The molecule has 12 heavy (non-hydrogen) atoms. The maximum absolute atomic E-state index is 8.49. The minimum atomic E-state index is -0.0125. The Labute approximate surface area is 69.7 Å². The zero-order chi connectivity index (χ0) is 9.14. The van der Waals surface area contributed by atoms with Crippen molar-refractivity contribution in [3.05, 3.63) is 35.1 Å². The van der Waals surface area contributed by atoms with Crippen LogP contribution in [0.1, 0.15) is 0 Å². The maximum atomic E-state index is 8.49. The first-order chi connectivity index (χ1) is 5.69. The van der Waals surface area contributed by atoms with Crippen molar-refractivity contribution in [1.82, 2.24) is 0 Å². The standard InChI is InChI=1S/C8H4N4/c9-3-5-1-6(4-10)8(12)2-7(5)11/h1-2,11-12H. The van der Waals surface area contributed by atoms with Gasteiger partial charge in [0.2, 0.25) is 0 Å². The number of nitrogens with zero attached hydrogens (tertiary/aromatic N) is 2. The van der Waals surface area contributed by atoms with Gasteiger partial charge in [0.1, 0.15) is 5.57 Å². The van der Waals surface area contributed by atoms with E-state index in [2.05, 4.69) is 0 Å². The predicted octanol–water partition coefficient (Wildman–Crippen LogP) is 1.50. The van der Waals surface area contributed by atoms with E-state index >= 15 is 0 Å². The van der Waals surface area contributed by atoms with Crippen LogP contribution in [-0.4, -0.2) is 5.71 Å². The Morgan fingerprint density at radius 1 is 1.50 bits per heavy atom. The highest BCUT2D eigenvalue weighted by Crippen LogP contribution is 2.21. The Morgan fingerprint density at radius 2 is 2.17 bits per heavy atom. The normalized spacial score (nSPS) is 15.8. The van der Waals surface area contributed by atoms with Gasteiger partial charge in [0, 0.05) is 0 Å². The highest BCUT2D eigenvalue weighted by Gasteiger charge is 2.24. The van der Waals surface area contributed by atoms with Crippen LogP contribution in [0.3, 0.4) is 0 Å². The molecule has 0 saturated heterocycles. The number of nitrogens with one attached hydrogen (secondary N) is 2. The highest BCUT2D eigenvalue weighted by molar-refractivity contribution is 6.10. The quantitative estimate of drug-likeness (QED) is 0.538. The van der Waals surface area contributed by atoms with E-state index in [1.54, 1.807) is 12.1 Å². The van der Waals surface area contributed by atoms with Gasteiger partial charge < -0.3 is 5.73 Å². The molecule has 0 aromatic heterocycles. The molecule has 0 aromatic rings. The second kappa shape index (κ2) is 2.81. The number of hydrogen-bond acceptors (Lipinski definition) is 3. The molecule has 0 unspecified atom stereocenters. The lowest BCUT2D eigenvalue weighted by Gasteiger charge is -2.06. The lowest BCUT2D eigenvalue weighted by molar-refractivity contribution is 1.35. The Hall–Kier alpha value is -2.20. The Bertz CT molecular complexity index is 361. The van der Waals surface area contributed by atoms with E-state index in [1.165, 1.54) is 12.2 Å². The molecule has 1 aliphatic carbocycles. The minimum Gasteiger partial charge on any atom is -0.674 e. The average Bonchev–Trinajstić information content (AvgIpc) is 2.05. The molecule has 0 saturated carbocycles. The van der Waals surface area contributed by atoms with Crippen molar-refractivity contribution in [3.63, 3.8) is 0 Å². The fourth-order valence-corrected chi connectivity index (χ4v) is 0.785. The summed E-state index contributed by atoms with van der Waals surface area (Å²) in [6.45, 7) is 0. The number of nitriles is 2. The predicted molar refractivity (Wildman–Crippen MR) is 42.7 cm³/mol. The summed E-state index contributed by atoms with van der Waals surface area (Å²) in [5, 5.41) is 24.2. The van der Waals surface area contributed by atoms with Crippen LogP contribution in [0, 0.1) is 34.0 Å². The summed E-state index contributed by atoms with van der Waals surface area (Å²) in [7, 11) is 0.